The highest BCUT2D eigenvalue weighted by molar-refractivity contribution is 8.00. The Morgan fingerprint density at radius 2 is 2.13 bits per heavy atom. The highest BCUT2D eigenvalue weighted by Crippen LogP contribution is 2.09. The molecule has 0 aliphatic rings. The number of nitrogens with one attached hydrogen (secondary N) is 1. The van der Waals surface area contributed by atoms with Crippen molar-refractivity contribution in [3.8, 4) is 0 Å². The molecule has 0 aliphatic carbocycles. The average Bonchev–Trinajstić information content (AvgIpc) is 2.22. The summed E-state index contributed by atoms with van der Waals surface area (Å²) in [5.41, 5.74) is 2.04. The first kappa shape index (κ1) is 11.9. The van der Waals surface area contributed by atoms with Crippen molar-refractivity contribution >= 4 is 23.4 Å². The van der Waals surface area contributed by atoms with Crippen molar-refractivity contribution in [2.24, 2.45) is 0 Å². The maximum absolute atomic E-state index is 11.4. The molecule has 1 rings (SSSR count). The topological polar surface area (TPSA) is 29.1 Å². The van der Waals surface area contributed by atoms with Crippen LogP contribution in [0.5, 0.6) is 0 Å². The van der Waals surface area contributed by atoms with Crippen molar-refractivity contribution in [1.29, 1.82) is 0 Å². The minimum atomic E-state index is 0.0331. The lowest BCUT2D eigenvalue weighted by Gasteiger charge is -2.04. The van der Waals surface area contributed by atoms with Crippen molar-refractivity contribution in [1.82, 2.24) is 0 Å². The number of aryl methyl sites for hydroxylation is 1. The predicted molar refractivity (Wildman–Crippen MR) is 67.3 cm³/mol. The lowest BCUT2D eigenvalue weighted by atomic mass is 10.2. The summed E-state index contributed by atoms with van der Waals surface area (Å²) in [4.78, 5) is 11.4. The van der Waals surface area contributed by atoms with Crippen LogP contribution in [-0.2, 0) is 4.79 Å². The van der Waals surface area contributed by atoms with E-state index in [1.165, 1.54) is 5.56 Å². The molecule has 3 heteroatoms. The lowest BCUT2D eigenvalue weighted by Crippen LogP contribution is -2.14. The fourth-order valence-electron chi connectivity index (χ4n) is 1.07. The third kappa shape index (κ3) is 4.70. The highest BCUT2D eigenvalue weighted by atomic mass is 32.2. The van der Waals surface area contributed by atoms with Gasteiger partial charge in [0.25, 0.3) is 0 Å². The van der Waals surface area contributed by atoms with Gasteiger partial charge in [0.05, 0.1) is 5.75 Å². The molecule has 0 saturated carbocycles. The van der Waals surface area contributed by atoms with Crippen molar-refractivity contribution in [2.45, 2.75) is 6.92 Å². The van der Waals surface area contributed by atoms with E-state index in [-0.39, 0.29) is 5.91 Å². The molecule has 1 amide bonds. The normalized spacial score (nSPS) is 9.67. The van der Waals surface area contributed by atoms with E-state index in [4.69, 9.17) is 0 Å². The van der Waals surface area contributed by atoms with Crippen molar-refractivity contribution < 1.29 is 4.79 Å². The Kier molecular flexibility index (Phi) is 4.98. The largest absolute Gasteiger partial charge is 0.325 e. The van der Waals surface area contributed by atoms with Crippen LogP contribution in [0.3, 0.4) is 0 Å². The molecule has 15 heavy (non-hydrogen) atoms. The SMILES string of the molecule is C=CCSCC(=O)Nc1ccc(C)cc1. The smallest absolute Gasteiger partial charge is 0.234 e. The van der Waals surface area contributed by atoms with Gasteiger partial charge in [-0.05, 0) is 19.1 Å². The van der Waals surface area contributed by atoms with Crippen molar-refractivity contribution in [2.75, 3.05) is 16.8 Å². The van der Waals surface area contributed by atoms with Gasteiger partial charge >= 0.3 is 0 Å². The first-order valence-corrected chi connectivity index (χ1v) is 5.93. The molecule has 0 radical (unpaired) electrons. The van der Waals surface area contributed by atoms with Gasteiger partial charge in [0.1, 0.15) is 0 Å². The number of carbonyl (C=O) groups excluding carboxylic acids is 1. The number of hydrogen-bond donors (Lipinski definition) is 1. The second kappa shape index (κ2) is 6.30. The first-order valence-electron chi connectivity index (χ1n) is 4.77. The first-order chi connectivity index (χ1) is 7.22. The van der Waals surface area contributed by atoms with Crippen LogP contribution in [0, 0.1) is 6.92 Å². The van der Waals surface area contributed by atoms with E-state index >= 15 is 0 Å². The van der Waals surface area contributed by atoms with E-state index in [9.17, 15) is 4.79 Å². The van der Waals surface area contributed by atoms with Crippen LogP contribution in [0.1, 0.15) is 5.56 Å². The second-order valence-electron chi connectivity index (χ2n) is 3.22. The molecule has 0 aromatic heterocycles. The Bertz CT molecular complexity index is 332. The summed E-state index contributed by atoms with van der Waals surface area (Å²) in [6.07, 6.45) is 1.80. The van der Waals surface area contributed by atoms with Crippen LogP contribution >= 0.6 is 11.8 Å². The van der Waals surface area contributed by atoms with E-state index < -0.39 is 0 Å². The van der Waals surface area contributed by atoms with Crippen LogP contribution in [0.2, 0.25) is 0 Å². The van der Waals surface area contributed by atoms with Crippen LogP contribution in [0.4, 0.5) is 5.69 Å². The molecule has 0 aliphatic heterocycles. The molecular weight excluding hydrogens is 206 g/mol. The lowest BCUT2D eigenvalue weighted by molar-refractivity contribution is -0.113. The Hall–Kier alpha value is -1.22. The molecule has 0 saturated heterocycles. The predicted octanol–water partition coefficient (Wildman–Crippen LogP) is 2.85. The number of thioether (sulfide) groups is 1. The fraction of sp³-hybridized carbons (Fsp3) is 0.250. The number of benzene rings is 1. The standard InChI is InChI=1S/C12H15NOS/c1-3-8-15-9-12(14)13-11-6-4-10(2)5-7-11/h3-7H,1,8-9H2,2H3,(H,13,14). The summed E-state index contributed by atoms with van der Waals surface area (Å²) in [5, 5.41) is 2.83. The van der Waals surface area contributed by atoms with Crippen molar-refractivity contribution in [3.63, 3.8) is 0 Å². The third-order valence-corrected chi connectivity index (χ3v) is 2.74. The molecule has 0 fully saturated rings. The molecule has 0 atom stereocenters. The van der Waals surface area contributed by atoms with Crippen LogP contribution in [0.15, 0.2) is 36.9 Å². The van der Waals surface area contributed by atoms with Gasteiger partial charge in [-0.2, -0.15) is 0 Å². The monoisotopic (exact) mass is 221 g/mol. The molecule has 1 N–H and O–H groups in total. The minimum absolute atomic E-state index is 0.0331. The van der Waals surface area contributed by atoms with Gasteiger partial charge in [-0.1, -0.05) is 23.8 Å². The summed E-state index contributed by atoms with van der Waals surface area (Å²) in [6.45, 7) is 5.62. The molecule has 1 aromatic carbocycles. The van der Waals surface area contributed by atoms with Gasteiger partial charge in [0.15, 0.2) is 0 Å². The van der Waals surface area contributed by atoms with E-state index in [2.05, 4.69) is 11.9 Å². The van der Waals surface area contributed by atoms with E-state index in [0.717, 1.165) is 11.4 Å². The van der Waals surface area contributed by atoms with Gasteiger partial charge in [-0.15, -0.1) is 18.3 Å². The summed E-state index contributed by atoms with van der Waals surface area (Å²) in [6, 6.07) is 7.77. The van der Waals surface area contributed by atoms with Crippen molar-refractivity contribution in [3.05, 3.63) is 42.5 Å². The average molecular weight is 221 g/mol. The van der Waals surface area contributed by atoms with Gasteiger partial charge < -0.3 is 5.32 Å². The quantitative estimate of drug-likeness (QED) is 0.612. The minimum Gasteiger partial charge on any atom is -0.325 e. The summed E-state index contributed by atoms with van der Waals surface area (Å²) >= 11 is 1.55. The molecule has 2 nitrogen and oxygen atoms in total. The summed E-state index contributed by atoms with van der Waals surface area (Å²) in [5.74, 6) is 1.31. The second-order valence-corrected chi connectivity index (χ2v) is 4.25. The van der Waals surface area contributed by atoms with E-state index in [1.807, 2.05) is 31.2 Å². The summed E-state index contributed by atoms with van der Waals surface area (Å²) < 4.78 is 0. The molecule has 80 valence electrons. The number of rotatable bonds is 5. The zero-order chi connectivity index (χ0) is 11.1. The fourth-order valence-corrected chi connectivity index (χ4v) is 1.61. The molecule has 1 aromatic rings. The molecule has 0 spiro atoms. The number of amides is 1. The maximum atomic E-state index is 11.4. The number of anilines is 1. The zero-order valence-electron chi connectivity index (χ0n) is 8.82. The summed E-state index contributed by atoms with van der Waals surface area (Å²) in [7, 11) is 0. The third-order valence-electron chi connectivity index (χ3n) is 1.80. The number of carbonyl (C=O) groups is 1. The Morgan fingerprint density at radius 3 is 2.73 bits per heavy atom. The molecule has 0 heterocycles. The van der Waals surface area contributed by atoms with Gasteiger partial charge in [-0.3, -0.25) is 4.79 Å². The molecule has 0 unspecified atom stereocenters. The van der Waals surface area contributed by atoms with E-state index in [1.54, 1.807) is 17.8 Å². The van der Waals surface area contributed by atoms with E-state index in [0.29, 0.717) is 5.75 Å². The van der Waals surface area contributed by atoms with Crippen LogP contribution < -0.4 is 5.32 Å². The molecular formula is C12H15NOS. The van der Waals surface area contributed by atoms with Gasteiger partial charge in [0, 0.05) is 11.4 Å². The van der Waals surface area contributed by atoms with Gasteiger partial charge in [0.2, 0.25) is 5.91 Å². The molecule has 0 bridgehead atoms. The van der Waals surface area contributed by atoms with Crippen LogP contribution in [0.25, 0.3) is 0 Å². The Morgan fingerprint density at radius 1 is 1.47 bits per heavy atom. The highest BCUT2D eigenvalue weighted by Gasteiger charge is 2.00. The zero-order valence-corrected chi connectivity index (χ0v) is 9.64. The van der Waals surface area contributed by atoms with Crippen LogP contribution in [-0.4, -0.2) is 17.4 Å². The Balaban J connectivity index is 2.37. The number of hydrogen-bond acceptors (Lipinski definition) is 2. The maximum Gasteiger partial charge on any atom is 0.234 e. The van der Waals surface area contributed by atoms with Gasteiger partial charge in [-0.25, -0.2) is 0 Å². The Labute approximate surface area is 94.8 Å².